The zero-order chi connectivity index (χ0) is 16.3. The van der Waals surface area contributed by atoms with Gasteiger partial charge in [-0.2, -0.15) is 0 Å². The first-order valence-corrected chi connectivity index (χ1v) is 8.53. The molecule has 1 aromatic carbocycles. The minimum atomic E-state index is -3.71. The van der Waals surface area contributed by atoms with Gasteiger partial charge in [0.05, 0.1) is 7.11 Å². The Hall–Kier alpha value is -1.35. The summed E-state index contributed by atoms with van der Waals surface area (Å²) in [5.74, 6) is 0.272. The molecule has 0 saturated heterocycles. The smallest absolute Gasteiger partial charge is 0.251 e. The van der Waals surface area contributed by atoms with Crippen LogP contribution in [-0.2, 0) is 10.0 Å². The van der Waals surface area contributed by atoms with Crippen LogP contribution in [0.2, 0.25) is 0 Å². The molecule has 7 nitrogen and oxygen atoms in total. The number of hydrogen-bond donors (Lipinski definition) is 3. The van der Waals surface area contributed by atoms with E-state index in [1.807, 2.05) is 0 Å². The first-order valence-electron chi connectivity index (χ1n) is 7.05. The number of nitrogens with one attached hydrogen (secondary N) is 2. The summed E-state index contributed by atoms with van der Waals surface area (Å²) in [5, 5.41) is 2.86. The number of benzene rings is 1. The standard InChI is InChI=1S/C14H21N3O4S.ClH/c1-16-22(19,20)13-7-10(5-6-12(13)21-2)14(18)17-11(8-15)9-3-4-9;/h5-7,9,11,16H,3-4,8,15H2,1-2H3,(H,17,18);1H. The lowest BCUT2D eigenvalue weighted by Gasteiger charge is -2.17. The Labute approximate surface area is 142 Å². The van der Waals surface area contributed by atoms with Crippen molar-refractivity contribution in [2.45, 2.75) is 23.8 Å². The molecule has 0 spiro atoms. The molecule has 4 N–H and O–H groups in total. The second-order valence-electron chi connectivity index (χ2n) is 5.23. The maximum atomic E-state index is 12.3. The monoisotopic (exact) mass is 363 g/mol. The summed E-state index contributed by atoms with van der Waals surface area (Å²) in [4.78, 5) is 12.2. The van der Waals surface area contributed by atoms with Gasteiger partial charge >= 0.3 is 0 Å². The number of carbonyl (C=O) groups is 1. The molecule has 1 atom stereocenters. The maximum absolute atomic E-state index is 12.3. The number of hydrogen-bond acceptors (Lipinski definition) is 5. The second kappa shape index (κ2) is 7.96. The third-order valence-electron chi connectivity index (χ3n) is 3.75. The van der Waals surface area contributed by atoms with Crippen LogP contribution in [0.5, 0.6) is 5.75 Å². The fourth-order valence-electron chi connectivity index (χ4n) is 2.26. The molecule has 1 fully saturated rings. The molecule has 0 radical (unpaired) electrons. The summed E-state index contributed by atoms with van der Waals surface area (Å²) in [6, 6.07) is 4.23. The van der Waals surface area contributed by atoms with E-state index in [4.69, 9.17) is 10.5 Å². The Morgan fingerprint density at radius 1 is 1.43 bits per heavy atom. The van der Waals surface area contributed by atoms with Gasteiger partial charge < -0.3 is 15.8 Å². The number of carbonyl (C=O) groups excluding carboxylic acids is 1. The Morgan fingerprint density at radius 2 is 2.09 bits per heavy atom. The van der Waals surface area contributed by atoms with E-state index in [-0.39, 0.29) is 40.6 Å². The van der Waals surface area contributed by atoms with Crippen LogP contribution in [-0.4, -0.2) is 41.1 Å². The van der Waals surface area contributed by atoms with Crippen LogP contribution in [0.3, 0.4) is 0 Å². The van der Waals surface area contributed by atoms with E-state index in [9.17, 15) is 13.2 Å². The number of halogens is 1. The molecule has 1 saturated carbocycles. The molecule has 0 aliphatic heterocycles. The van der Waals surface area contributed by atoms with Crippen LogP contribution in [0, 0.1) is 5.92 Å². The molecule has 1 aromatic rings. The molecule has 2 rings (SSSR count). The van der Waals surface area contributed by atoms with Crippen molar-refractivity contribution in [3.05, 3.63) is 23.8 Å². The normalized spacial score (nSPS) is 15.4. The molecule has 1 aliphatic carbocycles. The van der Waals surface area contributed by atoms with Gasteiger partial charge in [0, 0.05) is 18.2 Å². The molecule has 1 unspecified atom stereocenters. The molecule has 0 heterocycles. The Kier molecular flexibility index (Phi) is 6.82. The van der Waals surface area contributed by atoms with E-state index in [0.717, 1.165) is 12.8 Å². The molecule has 23 heavy (non-hydrogen) atoms. The van der Waals surface area contributed by atoms with Gasteiger partial charge in [0.1, 0.15) is 10.6 Å². The Balaban J connectivity index is 0.00000264. The zero-order valence-electron chi connectivity index (χ0n) is 13.0. The van der Waals surface area contributed by atoms with E-state index < -0.39 is 10.0 Å². The third kappa shape index (κ3) is 4.57. The van der Waals surface area contributed by atoms with Crippen LogP contribution >= 0.6 is 12.4 Å². The summed E-state index contributed by atoms with van der Waals surface area (Å²) in [5.41, 5.74) is 5.92. The Morgan fingerprint density at radius 3 is 2.57 bits per heavy atom. The average Bonchev–Trinajstić information content (AvgIpc) is 3.36. The van der Waals surface area contributed by atoms with Crippen molar-refractivity contribution in [1.82, 2.24) is 10.0 Å². The van der Waals surface area contributed by atoms with Crippen LogP contribution in [0.15, 0.2) is 23.1 Å². The van der Waals surface area contributed by atoms with Gasteiger partial charge in [0.2, 0.25) is 10.0 Å². The summed E-state index contributed by atoms with van der Waals surface area (Å²) >= 11 is 0. The molecule has 9 heteroatoms. The van der Waals surface area contributed by atoms with Crippen molar-refractivity contribution in [2.24, 2.45) is 11.7 Å². The summed E-state index contributed by atoms with van der Waals surface area (Å²) in [6.07, 6.45) is 2.12. The van der Waals surface area contributed by atoms with Gasteiger partial charge in [-0.15, -0.1) is 12.4 Å². The van der Waals surface area contributed by atoms with Crippen molar-refractivity contribution in [3.63, 3.8) is 0 Å². The molecule has 0 bridgehead atoms. The molecular formula is C14H22ClN3O4S. The van der Waals surface area contributed by atoms with Gasteiger partial charge in [0.15, 0.2) is 0 Å². The first-order chi connectivity index (χ1) is 10.4. The number of amides is 1. The number of sulfonamides is 1. The average molecular weight is 364 g/mol. The summed E-state index contributed by atoms with van der Waals surface area (Å²) < 4.78 is 31.3. The highest BCUT2D eigenvalue weighted by atomic mass is 35.5. The molecule has 130 valence electrons. The maximum Gasteiger partial charge on any atom is 0.251 e. The highest BCUT2D eigenvalue weighted by Crippen LogP contribution is 2.32. The predicted octanol–water partition coefficient (Wildman–Crippen LogP) is 0.492. The second-order valence-corrected chi connectivity index (χ2v) is 7.08. The molecule has 0 aromatic heterocycles. The number of methoxy groups -OCH3 is 1. The largest absolute Gasteiger partial charge is 0.495 e. The van der Waals surface area contributed by atoms with E-state index in [0.29, 0.717) is 12.5 Å². The van der Waals surface area contributed by atoms with Crippen molar-refractivity contribution < 1.29 is 17.9 Å². The number of nitrogens with two attached hydrogens (primary N) is 1. The van der Waals surface area contributed by atoms with E-state index in [1.165, 1.54) is 32.4 Å². The van der Waals surface area contributed by atoms with Gasteiger partial charge in [-0.3, -0.25) is 4.79 Å². The van der Waals surface area contributed by atoms with Crippen molar-refractivity contribution >= 4 is 28.3 Å². The van der Waals surface area contributed by atoms with Crippen molar-refractivity contribution in [1.29, 1.82) is 0 Å². The minimum absolute atomic E-state index is 0. The van der Waals surface area contributed by atoms with Gasteiger partial charge in [-0.25, -0.2) is 13.1 Å². The summed E-state index contributed by atoms with van der Waals surface area (Å²) in [6.45, 7) is 0.369. The summed E-state index contributed by atoms with van der Waals surface area (Å²) in [7, 11) is -1.03. The fraction of sp³-hybridized carbons (Fsp3) is 0.500. The van der Waals surface area contributed by atoms with Crippen LogP contribution < -0.4 is 20.5 Å². The minimum Gasteiger partial charge on any atom is -0.495 e. The predicted molar refractivity (Wildman–Crippen MR) is 89.5 cm³/mol. The lowest BCUT2D eigenvalue weighted by molar-refractivity contribution is 0.0933. The lowest BCUT2D eigenvalue weighted by atomic mass is 10.1. The van der Waals surface area contributed by atoms with Gasteiger partial charge in [-0.05, 0) is 44.0 Å². The Bertz CT molecular complexity index is 662. The highest BCUT2D eigenvalue weighted by Gasteiger charge is 2.31. The van der Waals surface area contributed by atoms with E-state index in [2.05, 4.69) is 10.0 Å². The number of ether oxygens (including phenoxy) is 1. The zero-order valence-corrected chi connectivity index (χ0v) is 14.7. The van der Waals surface area contributed by atoms with Crippen molar-refractivity contribution in [3.8, 4) is 5.75 Å². The topological polar surface area (TPSA) is 111 Å². The van der Waals surface area contributed by atoms with Gasteiger partial charge in [-0.1, -0.05) is 0 Å². The fourth-order valence-corrected chi connectivity index (χ4v) is 3.18. The highest BCUT2D eigenvalue weighted by molar-refractivity contribution is 7.89. The third-order valence-corrected chi connectivity index (χ3v) is 5.18. The van der Waals surface area contributed by atoms with Crippen LogP contribution in [0.4, 0.5) is 0 Å². The number of rotatable bonds is 7. The molecule has 1 amide bonds. The van der Waals surface area contributed by atoms with Gasteiger partial charge in [0.25, 0.3) is 5.91 Å². The van der Waals surface area contributed by atoms with E-state index >= 15 is 0 Å². The van der Waals surface area contributed by atoms with Crippen LogP contribution in [0.25, 0.3) is 0 Å². The quantitative estimate of drug-likeness (QED) is 0.653. The SMILES string of the molecule is CNS(=O)(=O)c1cc(C(=O)NC(CN)C2CC2)ccc1OC.Cl. The van der Waals surface area contributed by atoms with Crippen LogP contribution in [0.1, 0.15) is 23.2 Å². The lowest BCUT2D eigenvalue weighted by Crippen LogP contribution is -2.41. The van der Waals surface area contributed by atoms with Crippen molar-refractivity contribution in [2.75, 3.05) is 20.7 Å². The van der Waals surface area contributed by atoms with E-state index in [1.54, 1.807) is 0 Å². The molecule has 1 aliphatic rings. The first kappa shape index (κ1) is 19.7. The molecular weight excluding hydrogens is 342 g/mol.